The summed E-state index contributed by atoms with van der Waals surface area (Å²) in [6, 6.07) is 9.54. The minimum Gasteiger partial charge on any atom is -0.360 e. The van der Waals surface area contributed by atoms with Crippen LogP contribution in [0.3, 0.4) is 0 Å². The Morgan fingerprint density at radius 1 is 1.28 bits per heavy atom. The smallest absolute Gasteiger partial charge is 0.276 e. The van der Waals surface area contributed by atoms with E-state index in [1.807, 2.05) is 49.3 Å². The molecule has 0 N–H and O–H groups in total. The van der Waals surface area contributed by atoms with Crippen LogP contribution in [0.5, 0.6) is 0 Å². The van der Waals surface area contributed by atoms with Crippen molar-refractivity contribution in [3.8, 4) is 0 Å². The Labute approximate surface area is 146 Å². The number of hydrogen-bond acceptors (Lipinski definition) is 4. The van der Waals surface area contributed by atoms with Gasteiger partial charge in [0, 0.05) is 49.4 Å². The number of carbonyl (C=O) groups is 1. The van der Waals surface area contributed by atoms with Crippen molar-refractivity contribution >= 4 is 5.91 Å². The molecule has 0 bridgehead atoms. The van der Waals surface area contributed by atoms with Crippen molar-refractivity contribution in [2.24, 2.45) is 0 Å². The lowest BCUT2D eigenvalue weighted by Gasteiger charge is -2.36. The average Bonchev–Trinajstić information content (AvgIpc) is 3.30. The Kier molecular flexibility index (Phi) is 3.87. The molecule has 0 aliphatic carbocycles. The van der Waals surface area contributed by atoms with Crippen molar-refractivity contribution in [2.75, 3.05) is 6.54 Å². The topological polar surface area (TPSA) is 64.2 Å². The van der Waals surface area contributed by atoms with Crippen LogP contribution in [-0.4, -0.2) is 32.1 Å². The van der Waals surface area contributed by atoms with E-state index in [1.165, 1.54) is 0 Å². The number of nitrogens with zero attached hydrogens (tertiary/aromatic N) is 4. The highest BCUT2D eigenvalue weighted by molar-refractivity contribution is 5.93. The standard InChI is InChI=1S/C19H20N4O2/c1-13(2)17-11-15(21-25-17)19(24)23-10-9-22-8-4-6-16(22)18(23)14-5-3-7-20-12-14/h3-8,11-13,18H,9-10H2,1-2H3. The van der Waals surface area contributed by atoms with Gasteiger partial charge in [-0.1, -0.05) is 25.1 Å². The maximum absolute atomic E-state index is 13.1. The maximum Gasteiger partial charge on any atom is 0.276 e. The van der Waals surface area contributed by atoms with Gasteiger partial charge < -0.3 is 14.0 Å². The normalized spacial score (nSPS) is 16.9. The number of aromatic nitrogens is 3. The third kappa shape index (κ3) is 2.73. The lowest BCUT2D eigenvalue weighted by Crippen LogP contribution is -2.42. The molecule has 25 heavy (non-hydrogen) atoms. The van der Waals surface area contributed by atoms with E-state index in [0.717, 1.165) is 23.6 Å². The molecule has 0 saturated carbocycles. The quantitative estimate of drug-likeness (QED) is 0.736. The molecule has 1 atom stereocenters. The van der Waals surface area contributed by atoms with Gasteiger partial charge in [-0.15, -0.1) is 0 Å². The zero-order valence-electron chi connectivity index (χ0n) is 14.3. The molecular weight excluding hydrogens is 316 g/mol. The zero-order chi connectivity index (χ0) is 17.4. The SMILES string of the molecule is CC(C)c1cc(C(=O)N2CCn3cccc3C2c2cccnc2)no1. The van der Waals surface area contributed by atoms with Crippen LogP contribution in [0.2, 0.25) is 0 Å². The van der Waals surface area contributed by atoms with Crippen LogP contribution < -0.4 is 0 Å². The van der Waals surface area contributed by atoms with Crippen LogP contribution in [0.25, 0.3) is 0 Å². The monoisotopic (exact) mass is 336 g/mol. The Morgan fingerprint density at radius 3 is 2.88 bits per heavy atom. The number of amides is 1. The zero-order valence-corrected chi connectivity index (χ0v) is 14.3. The number of carbonyl (C=O) groups excluding carboxylic acids is 1. The van der Waals surface area contributed by atoms with Gasteiger partial charge in [0.15, 0.2) is 5.69 Å². The Morgan fingerprint density at radius 2 is 2.16 bits per heavy atom. The van der Waals surface area contributed by atoms with Crippen molar-refractivity contribution in [3.05, 3.63) is 71.6 Å². The fourth-order valence-electron chi connectivity index (χ4n) is 3.30. The summed E-state index contributed by atoms with van der Waals surface area (Å²) in [5.41, 5.74) is 2.43. The highest BCUT2D eigenvalue weighted by Crippen LogP contribution is 2.33. The van der Waals surface area contributed by atoms with Crippen LogP contribution in [0.1, 0.15) is 53.3 Å². The van der Waals surface area contributed by atoms with Gasteiger partial charge in [0.25, 0.3) is 5.91 Å². The van der Waals surface area contributed by atoms with Crippen LogP contribution in [0.4, 0.5) is 0 Å². The Hall–Kier alpha value is -2.89. The molecule has 6 nitrogen and oxygen atoms in total. The first-order valence-electron chi connectivity index (χ1n) is 8.47. The van der Waals surface area contributed by atoms with E-state index >= 15 is 0 Å². The van der Waals surface area contributed by atoms with Crippen LogP contribution in [-0.2, 0) is 6.54 Å². The summed E-state index contributed by atoms with van der Waals surface area (Å²) in [4.78, 5) is 19.2. The predicted octanol–water partition coefficient (Wildman–Crippen LogP) is 3.24. The summed E-state index contributed by atoms with van der Waals surface area (Å²) >= 11 is 0. The molecular formula is C19H20N4O2. The number of rotatable bonds is 3. The van der Waals surface area contributed by atoms with E-state index in [-0.39, 0.29) is 17.9 Å². The summed E-state index contributed by atoms with van der Waals surface area (Å²) in [6.07, 6.45) is 5.60. The van der Waals surface area contributed by atoms with Crippen molar-refractivity contribution in [1.82, 2.24) is 19.6 Å². The molecule has 1 unspecified atom stereocenters. The second-order valence-corrected chi connectivity index (χ2v) is 6.58. The van der Waals surface area contributed by atoms with Gasteiger partial charge >= 0.3 is 0 Å². The van der Waals surface area contributed by atoms with Crippen molar-refractivity contribution < 1.29 is 9.32 Å². The highest BCUT2D eigenvalue weighted by atomic mass is 16.5. The molecule has 0 fully saturated rings. The van der Waals surface area contributed by atoms with Gasteiger partial charge in [0.1, 0.15) is 5.76 Å². The van der Waals surface area contributed by atoms with E-state index in [0.29, 0.717) is 12.2 Å². The number of hydrogen-bond donors (Lipinski definition) is 0. The summed E-state index contributed by atoms with van der Waals surface area (Å²) in [6.45, 7) is 5.41. The molecule has 128 valence electrons. The fourth-order valence-corrected chi connectivity index (χ4v) is 3.30. The largest absolute Gasteiger partial charge is 0.360 e. The van der Waals surface area contributed by atoms with Gasteiger partial charge in [-0.2, -0.15) is 0 Å². The maximum atomic E-state index is 13.1. The van der Waals surface area contributed by atoms with E-state index < -0.39 is 0 Å². The first-order valence-corrected chi connectivity index (χ1v) is 8.47. The van der Waals surface area contributed by atoms with Crippen molar-refractivity contribution in [1.29, 1.82) is 0 Å². The second kappa shape index (κ2) is 6.20. The summed E-state index contributed by atoms with van der Waals surface area (Å²) < 4.78 is 7.50. The molecule has 0 aromatic carbocycles. The fraction of sp³-hybridized carbons (Fsp3) is 0.316. The molecule has 3 aromatic heterocycles. The van der Waals surface area contributed by atoms with E-state index in [1.54, 1.807) is 12.3 Å². The molecule has 0 saturated heterocycles. The predicted molar refractivity (Wildman–Crippen MR) is 92.1 cm³/mol. The third-order valence-corrected chi connectivity index (χ3v) is 4.62. The summed E-state index contributed by atoms with van der Waals surface area (Å²) in [5, 5.41) is 4.00. The Bertz CT molecular complexity index is 882. The van der Waals surface area contributed by atoms with Crippen LogP contribution >= 0.6 is 0 Å². The summed E-state index contributed by atoms with van der Waals surface area (Å²) in [7, 11) is 0. The molecule has 1 amide bonds. The van der Waals surface area contributed by atoms with Crippen molar-refractivity contribution in [3.63, 3.8) is 0 Å². The molecule has 4 rings (SSSR count). The van der Waals surface area contributed by atoms with Gasteiger partial charge in [-0.3, -0.25) is 9.78 Å². The average molecular weight is 336 g/mol. The van der Waals surface area contributed by atoms with Crippen LogP contribution in [0.15, 0.2) is 53.4 Å². The van der Waals surface area contributed by atoms with Gasteiger partial charge in [-0.05, 0) is 23.8 Å². The molecule has 6 heteroatoms. The molecule has 1 aliphatic heterocycles. The van der Waals surface area contributed by atoms with Gasteiger partial charge in [0.05, 0.1) is 6.04 Å². The van der Waals surface area contributed by atoms with Gasteiger partial charge in [0.2, 0.25) is 0 Å². The van der Waals surface area contributed by atoms with Crippen LogP contribution in [0, 0.1) is 0 Å². The number of fused-ring (bicyclic) bond motifs is 1. The lowest BCUT2D eigenvalue weighted by molar-refractivity contribution is 0.0653. The van der Waals surface area contributed by atoms with E-state index in [9.17, 15) is 4.79 Å². The van der Waals surface area contributed by atoms with E-state index in [4.69, 9.17) is 4.52 Å². The molecule has 3 aromatic rings. The second-order valence-electron chi connectivity index (χ2n) is 6.58. The van der Waals surface area contributed by atoms with E-state index in [2.05, 4.69) is 20.8 Å². The first kappa shape index (κ1) is 15.6. The molecule has 4 heterocycles. The Balaban J connectivity index is 1.73. The summed E-state index contributed by atoms with van der Waals surface area (Å²) in [5.74, 6) is 0.806. The van der Waals surface area contributed by atoms with Gasteiger partial charge in [-0.25, -0.2) is 0 Å². The minimum absolute atomic E-state index is 0.114. The minimum atomic E-state index is -0.177. The first-order chi connectivity index (χ1) is 12.1. The molecule has 1 aliphatic rings. The highest BCUT2D eigenvalue weighted by Gasteiger charge is 2.34. The molecule has 0 spiro atoms. The van der Waals surface area contributed by atoms with Crippen molar-refractivity contribution in [2.45, 2.75) is 32.4 Å². The lowest BCUT2D eigenvalue weighted by atomic mass is 10.0. The molecule has 0 radical (unpaired) electrons. The number of pyridine rings is 1. The third-order valence-electron chi connectivity index (χ3n) is 4.62.